The van der Waals surface area contributed by atoms with E-state index in [0.717, 1.165) is 19.4 Å². The summed E-state index contributed by atoms with van der Waals surface area (Å²) in [5.41, 5.74) is 0. The predicted octanol–water partition coefficient (Wildman–Crippen LogP) is 1.59. The van der Waals surface area contributed by atoms with Gasteiger partial charge in [0.25, 0.3) is 0 Å². The van der Waals surface area contributed by atoms with Gasteiger partial charge in [0.2, 0.25) is 0 Å². The molecule has 0 aromatic carbocycles. The Morgan fingerprint density at radius 3 is 3.25 bits per heavy atom. The third kappa shape index (κ3) is 3.53. The molecule has 0 aliphatic carbocycles. The number of carbonyl (C=O) groups is 1. The van der Waals surface area contributed by atoms with Crippen LogP contribution in [-0.4, -0.2) is 23.8 Å². The molecule has 12 heavy (non-hydrogen) atoms. The van der Waals surface area contributed by atoms with E-state index in [-0.39, 0.29) is 12.5 Å². The van der Waals surface area contributed by atoms with Gasteiger partial charge in [-0.15, -0.1) is 0 Å². The number of carboxylic acid groups (broad SMARTS) is 1. The van der Waals surface area contributed by atoms with E-state index in [9.17, 15) is 4.79 Å². The van der Waals surface area contributed by atoms with Crippen molar-refractivity contribution >= 4 is 5.97 Å². The molecular weight excluding hydrogens is 156 g/mol. The Bertz CT molecular complexity index is 175. The van der Waals surface area contributed by atoms with Crippen LogP contribution in [0.25, 0.3) is 0 Å². The lowest BCUT2D eigenvalue weighted by molar-refractivity contribution is -0.137. The van der Waals surface area contributed by atoms with Gasteiger partial charge in [-0.3, -0.25) is 4.79 Å². The zero-order valence-corrected chi connectivity index (χ0v) is 7.03. The standard InChI is InChI=1S/C9H14O3/c10-9(11)6-5-8-4-2-1-3-7-12-8/h2,4,8H,1,3,5-7H2,(H,10,11)/t8-/m0/s1. The van der Waals surface area contributed by atoms with Crippen molar-refractivity contribution in [2.75, 3.05) is 6.61 Å². The summed E-state index contributed by atoms with van der Waals surface area (Å²) in [6, 6.07) is 0. The number of allylic oxidation sites excluding steroid dienone is 1. The summed E-state index contributed by atoms with van der Waals surface area (Å²) in [5, 5.41) is 8.43. The fourth-order valence-electron chi connectivity index (χ4n) is 1.18. The lowest BCUT2D eigenvalue weighted by Crippen LogP contribution is -2.11. The largest absolute Gasteiger partial charge is 0.481 e. The third-order valence-electron chi connectivity index (χ3n) is 1.84. The van der Waals surface area contributed by atoms with E-state index >= 15 is 0 Å². The van der Waals surface area contributed by atoms with E-state index in [0.29, 0.717) is 6.42 Å². The molecule has 1 rings (SSSR count). The number of hydrogen-bond acceptors (Lipinski definition) is 2. The molecule has 0 bridgehead atoms. The van der Waals surface area contributed by atoms with Gasteiger partial charge in [-0.05, 0) is 19.3 Å². The Balaban J connectivity index is 2.25. The van der Waals surface area contributed by atoms with Crippen molar-refractivity contribution < 1.29 is 14.6 Å². The summed E-state index contributed by atoms with van der Waals surface area (Å²) < 4.78 is 5.40. The van der Waals surface area contributed by atoms with Gasteiger partial charge in [0.05, 0.1) is 6.10 Å². The molecule has 68 valence electrons. The smallest absolute Gasteiger partial charge is 0.303 e. The average Bonchev–Trinajstić information content (AvgIpc) is 2.28. The highest BCUT2D eigenvalue weighted by atomic mass is 16.5. The van der Waals surface area contributed by atoms with Crippen LogP contribution in [0.5, 0.6) is 0 Å². The summed E-state index contributed by atoms with van der Waals surface area (Å²) in [7, 11) is 0. The van der Waals surface area contributed by atoms with Gasteiger partial charge >= 0.3 is 5.97 Å². The Morgan fingerprint density at radius 2 is 2.50 bits per heavy atom. The molecule has 0 unspecified atom stereocenters. The second-order valence-electron chi connectivity index (χ2n) is 2.91. The van der Waals surface area contributed by atoms with Crippen LogP contribution < -0.4 is 0 Å². The van der Waals surface area contributed by atoms with Gasteiger partial charge in [-0.2, -0.15) is 0 Å². The van der Waals surface area contributed by atoms with Crippen LogP contribution in [0.4, 0.5) is 0 Å². The van der Waals surface area contributed by atoms with Crippen molar-refractivity contribution in [3.8, 4) is 0 Å². The molecular formula is C9H14O3. The monoisotopic (exact) mass is 170 g/mol. The van der Waals surface area contributed by atoms with E-state index in [2.05, 4.69) is 6.08 Å². The van der Waals surface area contributed by atoms with Crippen LogP contribution in [0.15, 0.2) is 12.2 Å². The van der Waals surface area contributed by atoms with Crippen LogP contribution in [0.2, 0.25) is 0 Å². The highest BCUT2D eigenvalue weighted by molar-refractivity contribution is 5.66. The number of ether oxygens (including phenoxy) is 1. The van der Waals surface area contributed by atoms with Crippen molar-refractivity contribution in [3.63, 3.8) is 0 Å². The quantitative estimate of drug-likeness (QED) is 0.654. The van der Waals surface area contributed by atoms with Crippen LogP contribution in [0.3, 0.4) is 0 Å². The Labute approximate surface area is 72.0 Å². The van der Waals surface area contributed by atoms with Gasteiger partial charge in [0, 0.05) is 13.0 Å². The molecule has 0 aromatic heterocycles. The number of rotatable bonds is 3. The first kappa shape index (κ1) is 9.26. The lowest BCUT2D eigenvalue weighted by Gasteiger charge is -2.09. The molecule has 0 radical (unpaired) electrons. The molecule has 0 fully saturated rings. The van der Waals surface area contributed by atoms with Gasteiger partial charge in [0.15, 0.2) is 0 Å². The molecule has 1 N–H and O–H groups in total. The van der Waals surface area contributed by atoms with E-state index < -0.39 is 5.97 Å². The second-order valence-corrected chi connectivity index (χ2v) is 2.91. The zero-order chi connectivity index (χ0) is 8.81. The Morgan fingerprint density at radius 1 is 1.67 bits per heavy atom. The van der Waals surface area contributed by atoms with Crippen molar-refractivity contribution in [1.29, 1.82) is 0 Å². The first-order valence-electron chi connectivity index (χ1n) is 4.29. The van der Waals surface area contributed by atoms with E-state index in [1.807, 2.05) is 6.08 Å². The van der Waals surface area contributed by atoms with Crippen molar-refractivity contribution in [2.24, 2.45) is 0 Å². The van der Waals surface area contributed by atoms with Crippen LogP contribution >= 0.6 is 0 Å². The molecule has 0 saturated heterocycles. The molecule has 1 heterocycles. The zero-order valence-electron chi connectivity index (χ0n) is 7.03. The first-order chi connectivity index (χ1) is 5.79. The van der Waals surface area contributed by atoms with Crippen LogP contribution in [-0.2, 0) is 9.53 Å². The van der Waals surface area contributed by atoms with Gasteiger partial charge in [-0.1, -0.05) is 12.2 Å². The summed E-state index contributed by atoms with van der Waals surface area (Å²) in [4.78, 5) is 10.2. The first-order valence-corrected chi connectivity index (χ1v) is 4.29. The number of aliphatic carboxylic acids is 1. The minimum absolute atomic E-state index is 0.0172. The van der Waals surface area contributed by atoms with Crippen molar-refractivity contribution in [1.82, 2.24) is 0 Å². The molecule has 3 heteroatoms. The SMILES string of the molecule is O=C(O)CC[C@@H]1C=CCCCO1. The van der Waals surface area contributed by atoms with E-state index in [4.69, 9.17) is 9.84 Å². The molecule has 0 amide bonds. The molecule has 1 aliphatic rings. The van der Waals surface area contributed by atoms with Crippen molar-refractivity contribution in [3.05, 3.63) is 12.2 Å². The summed E-state index contributed by atoms with van der Waals surface area (Å²) in [6.07, 6.45) is 6.92. The van der Waals surface area contributed by atoms with Crippen molar-refractivity contribution in [2.45, 2.75) is 31.8 Å². The summed E-state index contributed by atoms with van der Waals surface area (Å²) in [5.74, 6) is -0.753. The predicted molar refractivity (Wildman–Crippen MR) is 45.0 cm³/mol. The summed E-state index contributed by atoms with van der Waals surface area (Å²) >= 11 is 0. The topological polar surface area (TPSA) is 46.5 Å². The van der Waals surface area contributed by atoms with Gasteiger partial charge in [0.1, 0.15) is 0 Å². The fourth-order valence-corrected chi connectivity index (χ4v) is 1.18. The minimum Gasteiger partial charge on any atom is -0.481 e. The fraction of sp³-hybridized carbons (Fsp3) is 0.667. The Kier molecular flexibility index (Phi) is 3.80. The Hall–Kier alpha value is -0.830. The molecule has 0 saturated carbocycles. The van der Waals surface area contributed by atoms with Gasteiger partial charge in [-0.25, -0.2) is 0 Å². The third-order valence-corrected chi connectivity index (χ3v) is 1.84. The van der Waals surface area contributed by atoms with Crippen LogP contribution in [0, 0.1) is 0 Å². The molecule has 1 aliphatic heterocycles. The normalized spacial score (nSPS) is 23.5. The van der Waals surface area contributed by atoms with Crippen LogP contribution in [0.1, 0.15) is 25.7 Å². The average molecular weight is 170 g/mol. The maximum atomic E-state index is 10.2. The lowest BCUT2D eigenvalue weighted by atomic mass is 10.2. The number of hydrogen-bond donors (Lipinski definition) is 1. The maximum Gasteiger partial charge on any atom is 0.303 e. The van der Waals surface area contributed by atoms with E-state index in [1.165, 1.54) is 0 Å². The highest BCUT2D eigenvalue weighted by Gasteiger charge is 2.09. The van der Waals surface area contributed by atoms with E-state index in [1.54, 1.807) is 0 Å². The highest BCUT2D eigenvalue weighted by Crippen LogP contribution is 2.10. The molecule has 3 nitrogen and oxygen atoms in total. The molecule has 1 atom stereocenters. The number of carboxylic acids is 1. The molecule has 0 spiro atoms. The van der Waals surface area contributed by atoms with Gasteiger partial charge < -0.3 is 9.84 Å². The minimum atomic E-state index is -0.753. The molecule has 0 aromatic rings. The maximum absolute atomic E-state index is 10.2. The second kappa shape index (κ2) is 4.93. The summed E-state index contributed by atoms with van der Waals surface area (Å²) in [6.45, 7) is 0.747.